The Balaban J connectivity index is 1.98. The van der Waals surface area contributed by atoms with E-state index in [1.165, 1.54) is 0 Å². The van der Waals surface area contributed by atoms with Gasteiger partial charge in [-0.3, -0.25) is 4.79 Å². The molecule has 1 aliphatic heterocycles. The molecule has 2 aromatic rings. The monoisotopic (exact) mass is 478 g/mol. The largest absolute Gasteiger partial charge is 0.479 e. The van der Waals surface area contributed by atoms with E-state index in [9.17, 15) is 14.7 Å². The minimum atomic E-state index is -1.18. The topological polar surface area (TPSA) is 87.7 Å². The van der Waals surface area contributed by atoms with Crippen molar-refractivity contribution in [2.24, 2.45) is 0 Å². The Morgan fingerprint density at radius 1 is 0.971 bits per heavy atom. The number of anilines is 2. The van der Waals surface area contributed by atoms with Gasteiger partial charge in [-0.05, 0) is 76.6 Å². The molecule has 0 aromatic heterocycles. The van der Waals surface area contributed by atoms with Crippen LogP contribution < -0.4 is 10.6 Å². The van der Waals surface area contributed by atoms with E-state index in [1.54, 1.807) is 0 Å². The zero-order valence-corrected chi connectivity index (χ0v) is 21.8. The van der Waals surface area contributed by atoms with Gasteiger partial charge < -0.3 is 20.5 Å². The molecule has 6 heteroatoms. The maximum Gasteiger partial charge on any atom is 0.337 e. The lowest BCUT2D eigenvalue weighted by molar-refractivity contribution is -0.160. The lowest BCUT2D eigenvalue weighted by atomic mass is 9.81. The molecule has 1 aliphatic carbocycles. The zero-order chi connectivity index (χ0) is 25.5. The summed E-state index contributed by atoms with van der Waals surface area (Å²) in [6.07, 6.45) is 4.71. The fourth-order valence-corrected chi connectivity index (χ4v) is 5.56. The van der Waals surface area contributed by atoms with Crippen LogP contribution in [0.5, 0.6) is 0 Å². The van der Waals surface area contributed by atoms with Gasteiger partial charge in [0.05, 0.1) is 17.0 Å². The number of amides is 1. The maximum atomic E-state index is 13.5. The highest BCUT2D eigenvalue weighted by Gasteiger charge is 2.44. The van der Waals surface area contributed by atoms with Crippen LogP contribution in [0.2, 0.25) is 0 Å². The van der Waals surface area contributed by atoms with E-state index in [4.69, 9.17) is 4.74 Å². The summed E-state index contributed by atoms with van der Waals surface area (Å²) >= 11 is 0. The van der Waals surface area contributed by atoms with Crippen molar-refractivity contribution in [2.45, 2.75) is 97.3 Å². The fourth-order valence-electron chi connectivity index (χ4n) is 5.56. The molecule has 4 rings (SSSR count). The average molecular weight is 479 g/mol. The number of benzene rings is 2. The van der Waals surface area contributed by atoms with Crippen LogP contribution in [-0.4, -0.2) is 28.1 Å². The molecule has 0 saturated heterocycles. The molecule has 1 saturated carbocycles. The lowest BCUT2D eigenvalue weighted by Crippen LogP contribution is -2.52. The number of aryl methyl sites for hydroxylation is 1. The Hall–Kier alpha value is -2.86. The predicted octanol–water partition coefficient (Wildman–Crippen LogP) is 6.68. The molecule has 2 aromatic carbocycles. The van der Waals surface area contributed by atoms with E-state index in [0.29, 0.717) is 11.3 Å². The van der Waals surface area contributed by atoms with Crippen molar-refractivity contribution < 1.29 is 19.4 Å². The minimum absolute atomic E-state index is 0.0212. The second-order valence-electron chi connectivity index (χ2n) is 11.2. The predicted molar refractivity (Wildman–Crippen MR) is 140 cm³/mol. The lowest BCUT2D eigenvalue weighted by Gasteiger charge is -2.41. The first-order chi connectivity index (χ1) is 16.4. The molecule has 1 fully saturated rings. The van der Waals surface area contributed by atoms with E-state index in [1.807, 2.05) is 65.8 Å². The number of carbonyl (C=O) groups is 2. The van der Waals surface area contributed by atoms with Crippen LogP contribution >= 0.6 is 0 Å². The molecule has 1 atom stereocenters. The van der Waals surface area contributed by atoms with E-state index < -0.39 is 23.2 Å². The Kier molecular flexibility index (Phi) is 6.71. The number of hydrogen-bond acceptors (Lipinski definition) is 4. The van der Waals surface area contributed by atoms with Crippen LogP contribution in [-0.2, 0) is 14.3 Å². The van der Waals surface area contributed by atoms with Crippen molar-refractivity contribution in [3.05, 3.63) is 46.5 Å². The Bertz CT molecular complexity index is 1140. The van der Waals surface area contributed by atoms with Gasteiger partial charge in [-0.2, -0.15) is 0 Å². The first kappa shape index (κ1) is 25.2. The van der Waals surface area contributed by atoms with Crippen molar-refractivity contribution in [2.75, 3.05) is 10.6 Å². The first-order valence-electron chi connectivity index (χ1n) is 12.7. The fraction of sp³-hybridized carbons (Fsp3) is 0.517. The van der Waals surface area contributed by atoms with Gasteiger partial charge >= 0.3 is 5.97 Å². The van der Waals surface area contributed by atoms with E-state index in [-0.39, 0.29) is 5.91 Å². The van der Waals surface area contributed by atoms with E-state index in [0.717, 1.165) is 72.0 Å². The number of fused-ring (bicyclic) bond motifs is 1. The van der Waals surface area contributed by atoms with Gasteiger partial charge in [-0.1, -0.05) is 55.5 Å². The average Bonchev–Trinajstić information content (AvgIpc) is 3.02. The van der Waals surface area contributed by atoms with Crippen molar-refractivity contribution in [1.29, 1.82) is 0 Å². The van der Waals surface area contributed by atoms with Gasteiger partial charge in [-0.15, -0.1) is 0 Å². The molecular formula is C29H38N2O4. The molecule has 6 nitrogen and oxygen atoms in total. The standard InChI is InChI=1S/C29H38N2O4/c1-17-11-13-20(14-12-17)21-18(2)24-23(19(3)22(21)25(26(32)33)35-28(4,5)6)30-27(34)29(31-24)15-9-7-8-10-16-29/h11-14,25,31H,7-10,15-16H2,1-6H3,(H,30,34)(H,32,33)/t25-/m0/s1. The molecule has 0 unspecified atom stereocenters. The van der Waals surface area contributed by atoms with E-state index in [2.05, 4.69) is 10.6 Å². The third-order valence-electron chi connectivity index (χ3n) is 7.34. The van der Waals surface area contributed by atoms with Gasteiger partial charge in [0.15, 0.2) is 6.10 Å². The number of hydrogen-bond donors (Lipinski definition) is 3. The molecule has 0 bridgehead atoms. The summed E-state index contributed by atoms with van der Waals surface area (Å²) in [5.41, 5.74) is 5.42. The highest BCUT2D eigenvalue weighted by atomic mass is 16.5. The number of rotatable bonds is 4. The number of carbonyl (C=O) groups excluding carboxylic acids is 1. The Labute approximate surface area is 208 Å². The normalized spacial score (nSPS) is 18.3. The summed E-state index contributed by atoms with van der Waals surface area (Å²) in [5.74, 6) is -1.07. The number of nitrogens with one attached hydrogen (secondary N) is 2. The number of carboxylic acids is 1. The minimum Gasteiger partial charge on any atom is -0.479 e. The molecule has 188 valence electrons. The molecule has 1 heterocycles. The Morgan fingerprint density at radius 3 is 2.11 bits per heavy atom. The summed E-state index contributed by atoms with van der Waals surface area (Å²) in [7, 11) is 0. The molecule has 2 aliphatic rings. The number of aliphatic carboxylic acids is 1. The molecule has 3 N–H and O–H groups in total. The number of ether oxygens (including phenoxy) is 1. The SMILES string of the molecule is Cc1ccc(-c2c(C)c3c(c(C)c2[C@H](OC(C)(C)C)C(=O)O)NC(=O)C2(CCCCCC2)N3)cc1. The van der Waals surface area contributed by atoms with Crippen LogP contribution in [0.25, 0.3) is 11.1 Å². The van der Waals surface area contributed by atoms with Crippen LogP contribution in [0.15, 0.2) is 24.3 Å². The van der Waals surface area contributed by atoms with Gasteiger partial charge in [0, 0.05) is 5.56 Å². The highest BCUT2D eigenvalue weighted by molar-refractivity contribution is 6.09. The van der Waals surface area contributed by atoms with Gasteiger partial charge in [0.25, 0.3) is 0 Å². The Morgan fingerprint density at radius 2 is 1.57 bits per heavy atom. The third-order valence-corrected chi connectivity index (χ3v) is 7.34. The molecule has 35 heavy (non-hydrogen) atoms. The molecular weight excluding hydrogens is 440 g/mol. The second kappa shape index (κ2) is 9.30. The van der Waals surface area contributed by atoms with Crippen LogP contribution in [0.4, 0.5) is 11.4 Å². The maximum absolute atomic E-state index is 13.5. The summed E-state index contributed by atoms with van der Waals surface area (Å²) in [5, 5.41) is 17.1. The first-order valence-corrected chi connectivity index (χ1v) is 12.7. The second-order valence-corrected chi connectivity index (χ2v) is 11.2. The molecule has 0 radical (unpaired) electrons. The van der Waals surface area contributed by atoms with Crippen LogP contribution in [0.3, 0.4) is 0 Å². The van der Waals surface area contributed by atoms with Gasteiger partial charge in [0.2, 0.25) is 5.91 Å². The van der Waals surface area contributed by atoms with Crippen LogP contribution in [0, 0.1) is 20.8 Å². The molecule has 1 spiro atoms. The number of carboxylic acid groups (broad SMARTS) is 1. The van der Waals surface area contributed by atoms with Crippen LogP contribution in [0.1, 0.15) is 87.7 Å². The smallest absolute Gasteiger partial charge is 0.337 e. The summed E-state index contributed by atoms with van der Waals surface area (Å²) in [6.45, 7) is 11.5. The van der Waals surface area contributed by atoms with Crippen molar-refractivity contribution in [3.8, 4) is 11.1 Å². The summed E-state index contributed by atoms with van der Waals surface area (Å²) < 4.78 is 6.12. The summed E-state index contributed by atoms with van der Waals surface area (Å²) in [4.78, 5) is 26.0. The quantitative estimate of drug-likeness (QED) is 0.456. The summed E-state index contributed by atoms with van der Waals surface area (Å²) in [6, 6.07) is 8.14. The van der Waals surface area contributed by atoms with Crippen molar-refractivity contribution >= 4 is 23.3 Å². The molecule has 1 amide bonds. The van der Waals surface area contributed by atoms with Crippen molar-refractivity contribution in [1.82, 2.24) is 0 Å². The third kappa shape index (κ3) is 4.81. The zero-order valence-electron chi connectivity index (χ0n) is 21.8. The van der Waals surface area contributed by atoms with Crippen molar-refractivity contribution in [3.63, 3.8) is 0 Å². The highest BCUT2D eigenvalue weighted by Crippen LogP contribution is 2.49. The van der Waals surface area contributed by atoms with Gasteiger partial charge in [-0.25, -0.2) is 4.79 Å². The van der Waals surface area contributed by atoms with E-state index >= 15 is 0 Å². The van der Waals surface area contributed by atoms with Gasteiger partial charge in [0.1, 0.15) is 5.54 Å².